The number of primary amides is 1. The molecule has 206 valence electrons. The van der Waals surface area contributed by atoms with E-state index >= 15 is 0 Å². The molecule has 0 aliphatic heterocycles. The first-order chi connectivity index (χ1) is 18.5. The van der Waals surface area contributed by atoms with E-state index in [2.05, 4.69) is 20.9 Å². The lowest BCUT2D eigenvalue weighted by Gasteiger charge is -2.24. The third-order valence-electron chi connectivity index (χ3n) is 6.08. The summed E-state index contributed by atoms with van der Waals surface area (Å²) in [5.74, 6) is -4.40. The first-order valence-electron chi connectivity index (χ1n) is 12.3. The molecule has 39 heavy (non-hydrogen) atoms. The number of aromatic amines is 1. The van der Waals surface area contributed by atoms with Gasteiger partial charge in [0, 0.05) is 29.9 Å². The van der Waals surface area contributed by atoms with E-state index < -0.39 is 60.2 Å². The summed E-state index contributed by atoms with van der Waals surface area (Å²) in [6.45, 7) is 1.40. The molecule has 12 heteroatoms. The average Bonchev–Trinajstić information content (AvgIpc) is 3.30. The number of benzene rings is 2. The van der Waals surface area contributed by atoms with Crippen LogP contribution >= 0.6 is 0 Å². The van der Waals surface area contributed by atoms with Gasteiger partial charge in [0.1, 0.15) is 18.1 Å². The van der Waals surface area contributed by atoms with Crippen molar-refractivity contribution in [3.8, 4) is 0 Å². The number of carboxylic acids is 1. The zero-order valence-electron chi connectivity index (χ0n) is 21.3. The highest BCUT2D eigenvalue weighted by atomic mass is 16.4. The number of hydrogen-bond donors (Lipinski definition) is 7. The molecule has 1 heterocycles. The van der Waals surface area contributed by atoms with Crippen LogP contribution < -0.4 is 27.4 Å². The number of H-pyrrole nitrogens is 1. The van der Waals surface area contributed by atoms with Crippen molar-refractivity contribution in [1.82, 2.24) is 20.9 Å². The molecule has 4 unspecified atom stereocenters. The molecule has 4 amide bonds. The fourth-order valence-electron chi connectivity index (χ4n) is 4.04. The average molecular weight is 537 g/mol. The number of nitrogens with one attached hydrogen (secondary N) is 4. The van der Waals surface area contributed by atoms with Gasteiger partial charge in [-0.25, -0.2) is 4.79 Å². The van der Waals surface area contributed by atoms with Crippen LogP contribution in [0.5, 0.6) is 0 Å². The Balaban J connectivity index is 1.87. The number of para-hydroxylation sites is 1. The lowest BCUT2D eigenvalue weighted by molar-refractivity contribution is -0.142. The number of nitrogens with two attached hydrogens (primary N) is 2. The zero-order valence-corrected chi connectivity index (χ0v) is 21.3. The van der Waals surface area contributed by atoms with Gasteiger partial charge in [-0.2, -0.15) is 0 Å². The van der Waals surface area contributed by atoms with Crippen molar-refractivity contribution in [2.45, 2.75) is 50.4 Å². The fourth-order valence-corrected chi connectivity index (χ4v) is 4.04. The Morgan fingerprint density at radius 1 is 0.821 bits per heavy atom. The summed E-state index contributed by atoms with van der Waals surface area (Å²) >= 11 is 0. The van der Waals surface area contributed by atoms with Gasteiger partial charge in [0.15, 0.2) is 0 Å². The van der Waals surface area contributed by atoms with Gasteiger partial charge in [0.05, 0.1) is 12.5 Å². The summed E-state index contributed by atoms with van der Waals surface area (Å²) in [6, 6.07) is 11.2. The van der Waals surface area contributed by atoms with Crippen LogP contribution in [-0.2, 0) is 36.8 Å². The summed E-state index contributed by atoms with van der Waals surface area (Å²) < 4.78 is 0. The lowest BCUT2D eigenvalue weighted by atomic mass is 10.0. The maximum Gasteiger partial charge on any atom is 0.326 e. The van der Waals surface area contributed by atoms with Crippen LogP contribution in [0.3, 0.4) is 0 Å². The summed E-state index contributed by atoms with van der Waals surface area (Å²) in [7, 11) is 0. The summed E-state index contributed by atoms with van der Waals surface area (Å²) in [5.41, 5.74) is 13.0. The number of carboxylic acid groups (broad SMARTS) is 1. The molecule has 12 nitrogen and oxygen atoms in total. The number of aliphatic carboxylic acids is 1. The highest BCUT2D eigenvalue weighted by molar-refractivity contribution is 5.96. The molecule has 0 aliphatic carbocycles. The molecule has 0 bridgehead atoms. The monoisotopic (exact) mass is 536 g/mol. The second-order valence-electron chi connectivity index (χ2n) is 9.23. The Bertz CT molecular complexity index is 1340. The molecule has 4 atom stereocenters. The number of carbonyl (C=O) groups is 5. The van der Waals surface area contributed by atoms with Gasteiger partial charge in [-0.1, -0.05) is 48.5 Å². The van der Waals surface area contributed by atoms with E-state index in [9.17, 15) is 29.1 Å². The molecular formula is C27H32N6O6. The van der Waals surface area contributed by atoms with E-state index in [0.717, 1.165) is 10.9 Å². The third-order valence-corrected chi connectivity index (χ3v) is 6.08. The van der Waals surface area contributed by atoms with E-state index in [1.165, 1.54) is 6.92 Å². The second kappa shape index (κ2) is 13.2. The molecule has 3 rings (SSSR count). The Morgan fingerprint density at radius 3 is 2.05 bits per heavy atom. The molecule has 0 spiro atoms. The second-order valence-corrected chi connectivity index (χ2v) is 9.23. The molecule has 0 aliphatic rings. The van der Waals surface area contributed by atoms with Crippen LogP contribution in [0.1, 0.15) is 24.5 Å². The first-order valence-corrected chi connectivity index (χ1v) is 12.3. The van der Waals surface area contributed by atoms with Crippen molar-refractivity contribution < 1.29 is 29.1 Å². The van der Waals surface area contributed by atoms with E-state index in [1.807, 2.05) is 24.3 Å². The largest absolute Gasteiger partial charge is 0.480 e. The quantitative estimate of drug-likeness (QED) is 0.155. The number of fused-ring (bicyclic) bond motifs is 1. The minimum atomic E-state index is -1.39. The SMILES string of the molecule is CC(N)C(=O)NC(CC(N)=O)C(=O)NC(Cc1c[nH]c2ccccc12)C(=O)NC(Cc1ccccc1)C(=O)O. The van der Waals surface area contributed by atoms with Crippen LogP contribution in [0, 0.1) is 0 Å². The Kier molecular flexibility index (Phi) is 9.76. The Morgan fingerprint density at radius 2 is 1.41 bits per heavy atom. The van der Waals surface area contributed by atoms with Crippen LogP contribution in [0.25, 0.3) is 10.9 Å². The minimum Gasteiger partial charge on any atom is -0.480 e. The van der Waals surface area contributed by atoms with Crippen molar-refractivity contribution in [3.05, 3.63) is 71.9 Å². The number of hydrogen-bond acceptors (Lipinski definition) is 6. The van der Waals surface area contributed by atoms with Crippen molar-refractivity contribution in [3.63, 3.8) is 0 Å². The van der Waals surface area contributed by atoms with Gasteiger partial charge in [-0.15, -0.1) is 0 Å². The van der Waals surface area contributed by atoms with E-state index in [0.29, 0.717) is 11.1 Å². The molecule has 1 aromatic heterocycles. The van der Waals surface area contributed by atoms with Crippen molar-refractivity contribution in [2.75, 3.05) is 0 Å². The van der Waals surface area contributed by atoms with E-state index in [4.69, 9.17) is 11.5 Å². The van der Waals surface area contributed by atoms with Gasteiger partial charge < -0.3 is 37.5 Å². The maximum atomic E-state index is 13.4. The molecule has 0 saturated carbocycles. The molecular weight excluding hydrogens is 504 g/mol. The van der Waals surface area contributed by atoms with Gasteiger partial charge in [-0.3, -0.25) is 19.2 Å². The molecule has 0 fully saturated rings. The minimum absolute atomic E-state index is 0.0101. The van der Waals surface area contributed by atoms with Gasteiger partial charge in [0.2, 0.25) is 23.6 Å². The van der Waals surface area contributed by atoms with Crippen molar-refractivity contribution >= 4 is 40.5 Å². The Hall–Kier alpha value is -4.71. The molecule has 2 aromatic carbocycles. The predicted octanol–water partition coefficient (Wildman–Crippen LogP) is -0.285. The smallest absolute Gasteiger partial charge is 0.326 e. The van der Waals surface area contributed by atoms with E-state index in [-0.39, 0.29) is 12.8 Å². The van der Waals surface area contributed by atoms with Gasteiger partial charge in [-0.05, 0) is 24.1 Å². The van der Waals surface area contributed by atoms with Crippen LogP contribution in [0.4, 0.5) is 0 Å². The first kappa shape index (κ1) is 28.9. The normalized spacial score (nSPS) is 14.0. The molecule has 9 N–H and O–H groups in total. The molecule has 3 aromatic rings. The summed E-state index contributed by atoms with van der Waals surface area (Å²) in [5, 5.41) is 18.0. The fraction of sp³-hybridized carbons (Fsp3) is 0.296. The molecule has 0 radical (unpaired) electrons. The van der Waals surface area contributed by atoms with E-state index in [1.54, 1.807) is 36.5 Å². The Labute approximate surface area is 224 Å². The van der Waals surface area contributed by atoms with Crippen molar-refractivity contribution in [2.24, 2.45) is 11.5 Å². The van der Waals surface area contributed by atoms with Gasteiger partial charge in [0.25, 0.3) is 0 Å². The summed E-state index contributed by atoms with van der Waals surface area (Å²) in [6.07, 6.45) is 1.17. The standard InChI is InChI=1S/C27H32N6O6/c1-15(28)24(35)31-21(13-23(29)34)26(37)32-20(12-17-14-30-19-10-6-5-9-18(17)19)25(36)33-22(27(38)39)11-16-7-3-2-4-8-16/h2-10,14-15,20-22,30H,11-13,28H2,1H3,(H2,29,34)(H,31,35)(H,32,37)(H,33,36)(H,38,39). The summed E-state index contributed by atoms with van der Waals surface area (Å²) in [4.78, 5) is 65.4. The number of amides is 4. The topological polar surface area (TPSA) is 209 Å². The third kappa shape index (κ3) is 8.14. The van der Waals surface area contributed by atoms with Crippen LogP contribution in [0.2, 0.25) is 0 Å². The number of carbonyl (C=O) groups excluding carboxylic acids is 4. The number of rotatable bonds is 13. The highest BCUT2D eigenvalue weighted by Gasteiger charge is 2.31. The van der Waals surface area contributed by atoms with Crippen LogP contribution in [-0.4, -0.2) is 63.9 Å². The highest BCUT2D eigenvalue weighted by Crippen LogP contribution is 2.19. The van der Waals surface area contributed by atoms with Gasteiger partial charge >= 0.3 is 5.97 Å². The zero-order chi connectivity index (χ0) is 28.5. The maximum absolute atomic E-state index is 13.4. The number of aromatic nitrogens is 1. The molecule has 0 saturated heterocycles. The lowest BCUT2D eigenvalue weighted by Crippen LogP contribution is -2.58. The van der Waals surface area contributed by atoms with Crippen LogP contribution in [0.15, 0.2) is 60.8 Å². The van der Waals surface area contributed by atoms with Crippen molar-refractivity contribution in [1.29, 1.82) is 0 Å². The predicted molar refractivity (Wildman–Crippen MR) is 143 cm³/mol.